The van der Waals surface area contributed by atoms with Crippen LogP contribution in [0.4, 0.5) is 0 Å². The topological polar surface area (TPSA) is 73.1 Å². The highest BCUT2D eigenvalue weighted by atomic mass is 16.3. The summed E-state index contributed by atoms with van der Waals surface area (Å²) in [6, 6.07) is -0.528. The van der Waals surface area contributed by atoms with Crippen molar-refractivity contribution in [1.29, 1.82) is 0 Å². The van der Waals surface area contributed by atoms with E-state index in [2.05, 4.69) is 4.99 Å². The van der Waals surface area contributed by atoms with Gasteiger partial charge in [0.15, 0.2) is 0 Å². The van der Waals surface area contributed by atoms with Crippen molar-refractivity contribution in [2.75, 3.05) is 6.61 Å². The van der Waals surface area contributed by atoms with Crippen LogP contribution >= 0.6 is 0 Å². The van der Waals surface area contributed by atoms with Gasteiger partial charge in [-0.1, -0.05) is 0 Å². The summed E-state index contributed by atoms with van der Waals surface area (Å²) < 4.78 is 0. The number of rotatable bonds is 1. The summed E-state index contributed by atoms with van der Waals surface area (Å²) in [4.78, 5) is 3.64. The summed E-state index contributed by atoms with van der Waals surface area (Å²) in [5.74, 6) is 0. The molecule has 0 aromatic heterocycles. The van der Waals surface area contributed by atoms with Crippen molar-refractivity contribution < 1.29 is 15.3 Å². The van der Waals surface area contributed by atoms with Crippen LogP contribution in [0.2, 0.25) is 0 Å². The molecule has 0 aliphatic carbocycles. The van der Waals surface area contributed by atoms with Gasteiger partial charge in [-0.15, -0.1) is 0 Å². The standard InChI is InChI=1S/C5H9NO3/c7-2-3-5(9)4(8)1-6-3/h1,3-5,7-9H,2H2/t3-,4-,5-/m0/s1. The second-order valence-electron chi connectivity index (χ2n) is 2.03. The van der Waals surface area contributed by atoms with E-state index in [1.165, 1.54) is 6.21 Å². The van der Waals surface area contributed by atoms with E-state index in [0.29, 0.717) is 0 Å². The van der Waals surface area contributed by atoms with E-state index in [-0.39, 0.29) is 6.61 Å². The summed E-state index contributed by atoms with van der Waals surface area (Å²) in [5, 5.41) is 26.2. The molecule has 0 saturated carbocycles. The lowest BCUT2D eigenvalue weighted by Gasteiger charge is -2.10. The second kappa shape index (κ2) is 2.43. The van der Waals surface area contributed by atoms with Crippen LogP contribution < -0.4 is 0 Å². The lowest BCUT2D eigenvalue weighted by atomic mass is 10.1. The Kier molecular flexibility index (Phi) is 1.80. The van der Waals surface area contributed by atoms with Crippen molar-refractivity contribution in [3.05, 3.63) is 0 Å². The van der Waals surface area contributed by atoms with Gasteiger partial charge in [-0.3, -0.25) is 4.99 Å². The van der Waals surface area contributed by atoms with E-state index in [4.69, 9.17) is 15.3 Å². The van der Waals surface area contributed by atoms with Crippen molar-refractivity contribution in [2.45, 2.75) is 18.2 Å². The highest BCUT2D eigenvalue weighted by molar-refractivity contribution is 5.66. The van der Waals surface area contributed by atoms with Gasteiger partial charge >= 0.3 is 0 Å². The SMILES string of the molecule is OC[C@@H]1N=C[C@H](O)[C@H]1O. The zero-order chi connectivity index (χ0) is 6.85. The maximum atomic E-state index is 8.92. The van der Waals surface area contributed by atoms with Gasteiger partial charge in [-0.2, -0.15) is 0 Å². The Hall–Kier alpha value is -0.450. The smallest absolute Gasteiger partial charge is 0.117 e. The summed E-state index contributed by atoms with van der Waals surface area (Å²) in [5.41, 5.74) is 0. The molecule has 1 aliphatic heterocycles. The van der Waals surface area contributed by atoms with Crippen LogP contribution in [0, 0.1) is 0 Å². The van der Waals surface area contributed by atoms with Gasteiger partial charge in [-0.25, -0.2) is 0 Å². The quantitative estimate of drug-likeness (QED) is 0.391. The molecule has 0 unspecified atom stereocenters. The molecule has 0 radical (unpaired) electrons. The van der Waals surface area contributed by atoms with E-state index >= 15 is 0 Å². The van der Waals surface area contributed by atoms with Crippen LogP contribution in [-0.2, 0) is 0 Å². The van der Waals surface area contributed by atoms with Crippen LogP contribution in [0.1, 0.15) is 0 Å². The minimum absolute atomic E-state index is 0.214. The molecule has 0 amide bonds. The van der Waals surface area contributed by atoms with E-state index in [0.717, 1.165) is 0 Å². The van der Waals surface area contributed by atoms with Gasteiger partial charge < -0.3 is 15.3 Å². The molecular weight excluding hydrogens is 122 g/mol. The third kappa shape index (κ3) is 1.10. The van der Waals surface area contributed by atoms with Gasteiger partial charge in [0.1, 0.15) is 18.2 Å². The van der Waals surface area contributed by atoms with Crippen LogP contribution in [0.25, 0.3) is 0 Å². The predicted octanol–water partition coefficient (Wildman–Crippen LogP) is -1.85. The molecule has 4 nitrogen and oxygen atoms in total. The van der Waals surface area contributed by atoms with Gasteiger partial charge in [0.2, 0.25) is 0 Å². The Morgan fingerprint density at radius 3 is 2.33 bits per heavy atom. The first-order chi connectivity index (χ1) is 4.25. The molecule has 0 aromatic rings. The maximum Gasteiger partial charge on any atom is 0.117 e. The van der Waals surface area contributed by atoms with Crippen molar-refractivity contribution in [3.8, 4) is 0 Å². The normalized spacial score (nSPS) is 41.9. The minimum Gasteiger partial charge on any atom is -0.394 e. The Morgan fingerprint density at radius 2 is 2.11 bits per heavy atom. The molecule has 0 aromatic carbocycles. The lowest BCUT2D eigenvalue weighted by Crippen LogP contribution is -2.32. The first-order valence-electron chi connectivity index (χ1n) is 2.76. The van der Waals surface area contributed by atoms with E-state index < -0.39 is 18.2 Å². The average molecular weight is 131 g/mol. The maximum absolute atomic E-state index is 8.92. The molecule has 1 heterocycles. The van der Waals surface area contributed by atoms with Crippen molar-refractivity contribution in [2.24, 2.45) is 4.99 Å². The molecule has 1 aliphatic rings. The van der Waals surface area contributed by atoms with Crippen molar-refractivity contribution >= 4 is 6.21 Å². The Morgan fingerprint density at radius 1 is 1.44 bits per heavy atom. The molecule has 3 N–H and O–H groups in total. The molecule has 0 bridgehead atoms. The summed E-state index contributed by atoms with van der Waals surface area (Å²) in [6.07, 6.45) is -0.580. The van der Waals surface area contributed by atoms with Gasteiger partial charge in [0.05, 0.1) is 6.61 Å². The summed E-state index contributed by atoms with van der Waals surface area (Å²) >= 11 is 0. The van der Waals surface area contributed by atoms with Crippen LogP contribution in [0.3, 0.4) is 0 Å². The Balaban J connectivity index is 2.51. The van der Waals surface area contributed by atoms with Crippen molar-refractivity contribution in [3.63, 3.8) is 0 Å². The second-order valence-corrected chi connectivity index (χ2v) is 2.03. The van der Waals surface area contributed by atoms with Gasteiger partial charge in [0, 0.05) is 6.21 Å². The molecular formula is C5H9NO3. The molecule has 52 valence electrons. The minimum atomic E-state index is -0.921. The fraction of sp³-hybridized carbons (Fsp3) is 0.800. The monoisotopic (exact) mass is 131 g/mol. The highest BCUT2D eigenvalue weighted by Gasteiger charge is 2.28. The highest BCUT2D eigenvalue weighted by Crippen LogP contribution is 2.08. The van der Waals surface area contributed by atoms with Crippen LogP contribution in [0.15, 0.2) is 4.99 Å². The Bertz CT molecular complexity index is 125. The molecule has 1 rings (SSSR count). The Labute approximate surface area is 52.5 Å². The first kappa shape index (κ1) is 6.67. The molecule has 0 fully saturated rings. The number of aliphatic hydroxyl groups is 3. The van der Waals surface area contributed by atoms with Crippen LogP contribution in [-0.4, -0.2) is 46.4 Å². The number of nitrogens with zero attached hydrogens (tertiary/aromatic N) is 1. The van der Waals surface area contributed by atoms with Crippen molar-refractivity contribution in [1.82, 2.24) is 0 Å². The lowest BCUT2D eigenvalue weighted by molar-refractivity contribution is 0.0419. The van der Waals surface area contributed by atoms with E-state index in [1.807, 2.05) is 0 Å². The number of aliphatic imine (C=N–C) groups is 1. The van der Waals surface area contributed by atoms with Gasteiger partial charge in [0.25, 0.3) is 0 Å². The fourth-order valence-electron chi connectivity index (χ4n) is 0.758. The molecule has 0 saturated heterocycles. The third-order valence-electron chi connectivity index (χ3n) is 1.36. The summed E-state index contributed by atoms with van der Waals surface area (Å²) in [6.45, 7) is -0.214. The number of hydrogen-bond donors (Lipinski definition) is 3. The fourth-order valence-corrected chi connectivity index (χ4v) is 0.758. The number of hydrogen-bond acceptors (Lipinski definition) is 4. The largest absolute Gasteiger partial charge is 0.394 e. The van der Waals surface area contributed by atoms with Gasteiger partial charge in [-0.05, 0) is 0 Å². The molecule has 0 spiro atoms. The third-order valence-corrected chi connectivity index (χ3v) is 1.36. The molecule has 4 heteroatoms. The number of aliphatic hydroxyl groups excluding tert-OH is 3. The summed E-state index contributed by atoms with van der Waals surface area (Å²) in [7, 11) is 0. The van der Waals surface area contributed by atoms with E-state index in [9.17, 15) is 0 Å². The zero-order valence-electron chi connectivity index (χ0n) is 4.81. The molecule has 3 atom stereocenters. The average Bonchev–Trinajstić information content (AvgIpc) is 2.15. The van der Waals surface area contributed by atoms with Crippen LogP contribution in [0.5, 0.6) is 0 Å². The zero-order valence-corrected chi connectivity index (χ0v) is 4.81. The first-order valence-corrected chi connectivity index (χ1v) is 2.76. The van der Waals surface area contributed by atoms with E-state index in [1.54, 1.807) is 0 Å². The predicted molar refractivity (Wildman–Crippen MR) is 31.4 cm³/mol. The molecule has 9 heavy (non-hydrogen) atoms.